The Balaban J connectivity index is 2.15. The highest BCUT2D eigenvalue weighted by molar-refractivity contribution is 9.10. The smallest absolute Gasteiger partial charge is 0.183 e. The summed E-state index contributed by atoms with van der Waals surface area (Å²) in [4.78, 5) is 9.90. The second kappa shape index (κ2) is 5.73. The second-order valence-corrected chi connectivity index (χ2v) is 6.10. The number of nitrogens with one attached hydrogen (secondary N) is 1. The summed E-state index contributed by atoms with van der Waals surface area (Å²) < 4.78 is 1.07. The second-order valence-electron chi connectivity index (χ2n) is 4.19. The van der Waals surface area contributed by atoms with Crippen LogP contribution in [0.15, 0.2) is 53.3 Å². The molecule has 0 aliphatic rings. The summed E-state index contributed by atoms with van der Waals surface area (Å²) in [6.07, 6.45) is 3.61. The molecule has 20 heavy (non-hydrogen) atoms. The molecule has 0 spiro atoms. The zero-order valence-electron chi connectivity index (χ0n) is 10.8. The Labute approximate surface area is 129 Å². The van der Waals surface area contributed by atoms with Crippen molar-refractivity contribution < 1.29 is 0 Å². The van der Waals surface area contributed by atoms with Gasteiger partial charge in [-0.2, -0.15) is 0 Å². The fraction of sp³-hybridized carbons (Fsp3) is 0.0667. The van der Waals surface area contributed by atoms with Gasteiger partial charge in [-0.3, -0.25) is 4.98 Å². The molecule has 0 unspecified atom stereocenters. The van der Waals surface area contributed by atoms with E-state index in [1.165, 1.54) is 0 Å². The molecule has 0 saturated heterocycles. The maximum Gasteiger partial charge on any atom is 0.183 e. The Morgan fingerprint density at radius 1 is 1.00 bits per heavy atom. The van der Waals surface area contributed by atoms with Gasteiger partial charge >= 0.3 is 0 Å². The van der Waals surface area contributed by atoms with Gasteiger partial charge in [-0.15, -0.1) is 0 Å². The minimum atomic E-state index is 0.912. The first-order chi connectivity index (χ1) is 9.78. The predicted molar refractivity (Wildman–Crippen MR) is 88.0 cm³/mol. The van der Waals surface area contributed by atoms with E-state index >= 15 is 0 Å². The molecular weight excluding hydrogens is 334 g/mol. The molecule has 0 bridgehead atoms. The summed E-state index contributed by atoms with van der Waals surface area (Å²) in [6.45, 7) is 0. The number of anilines is 1. The number of rotatable bonds is 3. The highest BCUT2D eigenvalue weighted by atomic mass is 79.9. The fourth-order valence-corrected chi connectivity index (χ4v) is 3.14. The Bertz CT molecular complexity index is 708. The standard InChI is InChI=1S/C15H12BrN3S/c1-17-15-19-13(10-2-4-12(16)5-3-10)14(20-15)11-6-8-18-9-7-11/h2-9H,1H3,(H,17,19). The van der Waals surface area contributed by atoms with Crippen LogP contribution in [-0.4, -0.2) is 17.0 Å². The lowest BCUT2D eigenvalue weighted by molar-refractivity contribution is 1.33. The van der Waals surface area contributed by atoms with Gasteiger partial charge in [0.1, 0.15) is 0 Å². The van der Waals surface area contributed by atoms with Crippen LogP contribution in [0.4, 0.5) is 5.13 Å². The number of nitrogens with zero attached hydrogens (tertiary/aromatic N) is 2. The average Bonchev–Trinajstić information content (AvgIpc) is 2.93. The van der Waals surface area contributed by atoms with E-state index in [9.17, 15) is 0 Å². The monoisotopic (exact) mass is 345 g/mol. The number of hydrogen-bond acceptors (Lipinski definition) is 4. The van der Waals surface area contributed by atoms with Gasteiger partial charge in [0.15, 0.2) is 5.13 Å². The first-order valence-electron chi connectivity index (χ1n) is 6.13. The number of halogens is 1. The summed E-state index contributed by atoms with van der Waals surface area (Å²) >= 11 is 5.11. The maximum atomic E-state index is 4.68. The highest BCUT2D eigenvalue weighted by Crippen LogP contribution is 2.38. The lowest BCUT2D eigenvalue weighted by atomic mass is 10.1. The molecule has 0 atom stereocenters. The molecule has 0 aliphatic heterocycles. The van der Waals surface area contributed by atoms with Gasteiger partial charge in [0.2, 0.25) is 0 Å². The third-order valence-corrected chi connectivity index (χ3v) is 4.55. The molecule has 3 rings (SSSR count). The minimum absolute atomic E-state index is 0.912. The van der Waals surface area contributed by atoms with Gasteiger partial charge in [-0.05, 0) is 29.8 Å². The van der Waals surface area contributed by atoms with Crippen LogP contribution in [0.5, 0.6) is 0 Å². The number of aromatic nitrogens is 2. The van der Waals surface area contributed by atoms with Crippen molar-refractivity contribution in [3.05, 3.63) is 53.3 Å². The Morgan fingerprint density at radius 2 is 1.70 bits per heavy atom. The van der Waals surface area contributed by atoms with Gasteiger partial charge < -0.3 is 5.32 Å². The van der Waals surface area contributed by atoms with Crippen LogP contribution in [-0.2, 0) is 0 Å². The molecule has 0 aliphatic carbocycles. The molecule has 3 aromatic rings. The van der Waals surface area contributed by atoms with E-state index in [0.717, 1.165) is 31.3 Å². The van der Waals surface area contributed by atoms with Crippen molar-refractivity contribution in [2.75, 3.05) is 12.4 Å². The number of thiazole rings is 1. The van der Waals surface area contributed by atoms with Crippen LogP contribution >= 0.6 is 27.3 Å². The van der Waals surface area contributed by atoms with Gasteiger partial charge in [0.25, 0.3) is 0 Å². The predicted octanol–water partition coefficient (Wildman–Crippen LogP) is 4.68. The van der Waals surface area contributed by atoms with Gasteiger partial charge in [-0.1, -0.05) is 39.4 Å². The largest absolute Gasteiger partial charge is 0.365 e. The molecule has 1 aromatic carbocycles. The number of benzene rings is 1. The quantitative estimate of drug-likeness (QED) is 0.749. The molecule has 0 saturated carbocycles. The van der Waals surface area contributed by atoms with Crippen LogP contribution in [0.3, 0.4) is 0 Å². The first kappa shape index (κ1) is 13.3. The van der Waals surface area contributed by atoms with Crippen molar-refractivity contribution >= 4 is 32.4 Å². The molecule has 0 fully saturated rings. The maximum absolute atomic E-state index is 4.68. The van der Waals surface area contributed by atoms with Crippen LogP contribution in [0.1, 0.15) is 0 Å². The highest BCUT2D eigenvalue weighted by Gasteiger charge is 2.14. The van der Waals surface area contributed by atoms with Crippen molar-refractivity contribution in [2.24, 2.45) is 0 Å². The van der Waals surface area contributed by atoms with E-state index in [1.807, 2.05) is 31.3 Å². The number of hydrogen-bond donors (Lipinski definition) is 1. The lowest BCUT2D eigenvalue weighted by Crippen LogP contribution is -1.86. The molecule has 2 heterocycles. The molecule has 0 amide bonds. The lowest BCUT2D eigenvalue weighted by Gasteiger charge is -2.02. The Hall–Kier alpha value is -1.72. The molecule has 5 heteroatoms. The number of pyridine rings is 1. The minimum Gasteiger partial charge on any atom is -0.365 e. The third kappa shape index (κ3) is 2.59. The first-order valence-corrected chi connectivity index (χ1v) is 7.74. The fourth-order valence-electron chi connectivity index (χ4n) is 1.93. The molecular formula is C15H12BrN3S. The summed E-state index contributed by atoms with van der Waals surface area (Å²) in [7, 11) is 1.89. The van der Waals surface area contributed by atoms with Crippen LogP contribution in [0.2, 0.25) is 0 Å². The average molecular weight is 346 g/mol. The molecule has 3 nitrogen and oxygen atoms in total. The third-order valence-electron chi connectivity index (χ3n) is 2.90. The summed E-state index contributed by atoms with van der Waals surface area (Å²) in [5, 5.41) is 4.03. The van der Waals surface area contributed by atoms with E-state index < -0.39 is 0 Å². The van der Waals surface area contributed by atoms with Crippen LogP contribution in [0.25, 0.3) is 21.7 Å². The van der Waals surface area contributed by atoms with Gasteiger partial charge in [0.05, 0.1) is 10.6 Å². The molecule has 1 N–H and O–H groups in total. The van der Waals surface area contributed by atoms with Crippen LogP contribution in [0, 0.1) is 0 Å². The van der Waals surface area contributed by atoms with E-state index in [4.69, 9.17) is 0 Å². The van der Waals surface area contributed by atoms with E-state index in [1.54, 1.807) is 23.7 Å². The molecule has 100 valence electrons. The summed E-state index contributed by atoms with van der Waals surface area (Å²) in [6, 6.07) is 12.2. The van der Waals surface area contributed by atoms with E-state index in [0.29, 0.717) is 0 Å². The van der Waals surface area contributed by atoms with Crippen LogP contribution < -0.4 is 5.32 Å². The van der Waals surface area contributed by atoms with Gasteiger partial charge in [0, 0.05) is 29.5 Å². The van der Waals surface area contributed by atoms with E-state index in [-0.39, 0.29) is 0 Å². The topological polar surface area (TPSA) is 37.8 Å². The van der Waals surface area contributed by atoms with Crippen molar-refractivity contribution in [1.82, 2.24) is 9.97 Å². The van der Waals surface area contributed by atoms with Crippen molar-refractivity contribution in [1.29, 1.82) is 0 Å². The summed E-state index contributed by atoms with van der Waals surface area (Å²) in [5.41, 5.74) is 3.24. The Morgan fingerprint density at radius 3 is 2.35 bits per heavy atom. The van der Waals surface area contributed by atoms with Gasteiger partial charge in [-0.25, -0.2) is 4.98 Å². The van der Waals surface area contributed by atoms with E-state index in [2.05, 4.69) is 43.3 Å². The zero-order valence-corrected chi connectivity index (χ0v) is 13.2. The zero-order chi connectivity index (χ0) is 13.9. The molecule has 0 radical (unpaired) electrons. The van der Waals surface area contributed by atoms with Crippen molar-refractivity contribution in [2.45, 2.75) is 0 Å². The SMILES string of the molecule is CNc1nc(-c2ccc(Br)cc2)c(-c2ccncc2)s1. The van der Waals surface area contributed by atoms with Crippen molar-refractivity contribution in [3.8, 4) is 21.7 Å². The normalized spacial score (nSPS) is 10.5. The Kier molecular flexibility index (Phi) is 3.80. The molecule has 2 aromatic heterocycles. The van der Waals surface area contributed by atoms with Crippen molar-refractivity contribution in [3.63, 3.8) is 0 Å². The summed E-state index contributed by atoms with van der Waals surface area (Å²) in [5.74, 6) is 0.